The van der Waals surface area contributed by atoms with Gasteiger partial charge in [-0.3, -0.25) is 0 Å². The topological polar surface area (TPSA) is 54.5 Å². The fraction of sp³-hybridized carbons (Fsp3) is 0.625. The number of likely N-dealkylation sites (tertiary alicyclic amines) is 1. The minimum Gasteiger partial charge on any atom is -0.456 e. The van der Waals surface area contributed by atoms with Crippen molar-refractivity contribution in [3.63, 3.8) is 0 Å². The van der Waals surface area contributed by atoms with Gasteiger partial charge in [0.25, 0.3) is 0 Å². The maximum absolute atomic E-state index is 12.2. The van der Waals surface area contributed by atoms with Crippen LogP contribution in [0.5, 0.6) is 0 Å². The van der Waals surface area contributed by atoms with Crippen molar-refractivity contribution in [1.29, 1.82) is 0 Å². The number of carbonyl (C=O) groups is 1. The van der Waals surface area contributed by atoms with Crippen LogP contribution >= 0.6 is 11.6 Å². The number of halogens is 1. The molecule has 0 bridgehead atoms. The van der Waals surface area contributed by atoms with E-state index in [9.17, 15) is 4.79 Å². The number of ether oxygens (including phenoxy) is 1. The maximum Gasteiger partial charge on any atom is 0.338 e. The lowest BCUT2D eigenvalue weighted by molar-refractivity contribution is 0.00694. The minimum atomic E-state index is -0.533. The Morgan fingerprint density at radius 2 is 2.00 bits per heavy atom. The van der Waals surface area contributed by atoms with Crippen molar-refractivity contribution in [3.8, 4) is 0 Å². The molecule has 1 aliphatic heterocycles. The monoisotopic (exact) mass is 325 g/mol. The Balaban J connectivity index is 2.08. The van der Waals surface area contributed by atoms with Gasteiger partial charge in [-0.25, -0.2) is 9.78 Å². The van der Waals surface area contributed by atoms with Gasteiger partial charge in [0.1, 0.15) is 16.6 Å². The number of piperidine rings is 1. The molecule has 5 nitrogen and oxygen atoms in total. The molecule has 1 aliphatic rings. The van der Waals surface area contributed by atoms with Crippen molar-refractivity contribution in [2.75, 3.05) is 25.5 Å². The molecule has 22 heavy (non-hydrogen) atoms. The summed E-state index contributed by atoms with van der Waals surface area (Å²) in [6.07, 6.45) is 2.10. The largest absolute Gasteiger partial charge is 0.456 e. The number of hydrogen-bond acceptors (Lipinski definition) is 5. The van der Waals surface area contributed by atoms with Crippen LogP contribution in [-0.4, -0.2) is 47.6 Å². The average Bonchev–Trinajstić information content (AvgIpc) is 2.39. The minimum absolute atomic E-state index is 0.291. The van der Waals surface area contributed by atoms with Gasteiger partial charge in [-0.15, -0.1) is 0 Å². The lowest BCUT2D eigenvalue weighted by Crippen LogP contribution is -2.36. The summed E-state index contributed by atoms with van der Waals surface area (Å²) in [5, 5.41) is 3.66. The van der Waals surface area contributed by atoms with E-state index in [1.807, 2.05) is 20.8 Å². The van der Waals surface area contributed by atoms with Crippen LogP contribution in [0.1, 0.15) is 44.0 Å². The van der Waals surface area contributed by atoms with Crippen LogP contribution in [0.15, 0.2) is 12.1 Å². The first-order chi connectivity index (χ1) is 10.2. The molecule has 1 aromatic heterocycles. The molecule has 2 heterocycles. The molecule has 1 fully saturated rings. The van der Waals surface area contributed by atoms with Crippen molar-refractivity contribution >= 4 is 23.4 Å². The van der Waals surface area contributed by atoms with Gasteiger partial charge in [-0.1, -0.05) is 11.6 Å². The van der Waals surface area contributed by atoms with Crippen LogP contribution in [0.3, 0.4) is 0 Å². The van der Waals surface area contributed by atoms with Crippen molar-refractivity contribution in [2.45, 2.75) is 45.3 Å². The molecule has 0 saturated carbocycles. The Kier molecular flexibility index (Phi) is 5.29. The second-order valence-electron chi connectivity index (χ2n) is 6.79. The van der Waals surface area contributed by atoms with Crippen LogP contribution in [0.25, 0.3) is 0 Å². The average molecular weight is 326 g/mol. The van der Waals surface area contributed by atoms with Crippen molar-refractivity contribution in [2.24, 2.45) is 0 Å². The van der Waals surface area contributed by atoms with E-state index in [0.717, 1.165) is 25.9 Å². The Labute approximate surface area is 137 Å². The van der Waals surface area contributed by atoms with E-state index in [1.165, 1.54) is 6.07 Å². The van der Waals surface area contributed by atoms with Gasteiger partial charge >= 0.3 is 5.97 Å². The lowest BCUT2D eigenvalue weighted by atomic mass is 10.1. The first kappa shape index (κ1) is 17.0. The van der Waals surface area contributed by atoms with Gasteiger partial charge in [0.2, 0.25) is 0 Å². The van der Waals surface area contributed by atoms with E-state index < -0.39 is 5.60 Å². The number of esters is 1. The summed E-state index contributed by atoms with van der Waals surface area (Å²) in [6.45, 7) is 7.62. The van der Waals surface area contributed by atoms with Crippen LogP contribution in [-0.2, 0) is 4.74 Å². The fourth-order valence-electron chi connectivity index (χ4n) is 2.39. The first-order valence-electron chi connectivity index (χ1n) is 7.59. The second-order valence-corrected chi connectivity index (χ2v) is 7.17. The molecular formula is C16H24ClN3O2. The summed E-state index contributed by atoms with van der Waals surface area (Å²) in [6, 6.07) is 3.60. The van der Waals surface area contributed by atoms with Gasteiger partial charge in [0.05, 0.1) is 5.56 Å². The highest BCUT2D eigenvalue weighted by molar-refractivity contribution is 6.29. The number of pyridine rings is 1. The SMILES string of the molecule is CN1CCC(Nc2cc(C(=O)OC(C)(C)C)cc(Cl)n2)CC1. The summed E-state index contributed by atoms with van der Waals surface area (Å²) in [4.78, 5) is 18.7. The standard InChI is InChI=1S/C16H24ClN3O2/c1-16(2,3)22-15(21)11-9-13(17)19-14(10-11)18-12-5-7-20(4)8-6-12/h9-10,12H,5-8H2,1-4H3,(H,18,19). The van der Waals surface area contributed by atoms with Gasteiger partial charge in [0, 0.05) is 6.04 Å². The zero-order valence-electron chi connectivity index (χ0n) is 13.6. The van der Waals surface area contributed by atoms with E-state index in [0.29, 0.717) is 22.6 Å². The Morgan fingerprint density at radius 3 is 2.59 bits per heavy atom. The van der Waals surface area contributed by atoms with Crippen LogP contribution < -0.4 is 5.32 Å². The third-order valence-corrected chi connectivity index (χ3v) is 3.69. The molecule has 6 heteroatoms. The van der Waals surface area contributed by atoms with Crippen LogP contribution in [0, 0.1) is 0 Å². The van der Waals surface area contributed by atoms with E-state index >= 15 is 0 Å². The van der Waals surface area contributed by atoms with Gasteiger partial charge in [-0.2, -0.15) is 0 Å². The normalized spacial score (nSPS) is 17.3. The summed E-state index contributed by atoms with van der Waals surface area (Å²) < 4.78 is 5.38. The first-order valence-corrected chi connectivity index (χ1v) is 7.97. The molecule has 0 unspecified atom stereocenters. The molecule has 122 valence electrons. The predicted octanol–water partition coefficient (Wildman–Crippen LogP) is 3.20. The number of anilines is 1. The second kappa shape index (κ2) is 6.84. The third-order valence-electron chi connectivity index (χ3n) is 3.50. The predicted molar refractivity (Wildman–Crippen MR) is 88.6 cm³/mol. The maximum atomic E-state index is 12.2. The summed E-state index contributed by atoms with van der Waals surface area (Å²) in [5.41, 5.74) is -0.112. The summed E-state index contributed by atoms with van der Waals surface area (Å²) in [7, 11) is 2.12. The van der Waals surface area contributed by atoms with E-state index in [-0.39, 0.29) is 5.97 Å². The zero-order valence-corrected chi connectivity index (χ0v) is 14.4. The van der Waals surface area contributed by atoms with Crippen LogP contribution in [0.2, 0.25) is 5.15 Å². The lowest BCUT2D eigenvalue weighted by Gasteiger charge is -2.29. The molecule has 2 rings (SSSR count). The number of aromatic nitrogens is 1. The third kappa shape index (κ3) is 5.14. The molecule has 0 aromatic carbocycles. The summed E-state index contributed by atoms with van der Waals surface area (Å²) in [5.74, 6) is 0.242. The smallest absolute Gasteiger partial charge is 0.338 e. The van der Waals surface area contributed by atoms with E-state index in [1.54, 1.807) is 6.07 Å². The highest BCUT2D eigenvalue weighted by Crippen LogP contribution is 2.20. The Morgan fingerprint density at radius 1 is 1.36 bits per heavy atom. The highest BCUT2D eigenvalue weighted by Gasteiger charge is 2.21. The van der Waals surface area contributed by atoms with Crippen molar-refractivity contribution < 1.29 is 9.53 Å². The molecule has 1 saturated heterocycles. The fourth-order valence-corrected chi connectivity index (χ4v) is 2.60. The quantitative estimate of drug-likeness (QED) is 0.683. The molecule has 0 amide bonds. The molecule has 0 atom stereocenters. The van der Waals surface area contributed by atoms with Crippen LogP contribution in [0.4, 0.5) is 5.82 Å². The molecule has 1 aromatic rings. The van der Waals surface area contributed by atoms with Gasteiger partial charge in [-0.05, 0) is 65.9 Å². The summed E-state index contributed by atoms with van der Waals surface area (Å²) >= 11 is 6.04. The molecule has 0 aliphatic carbocycles. The number of rotatable bonds is 3. The van der Waals surface area contributed by atoms with E-state index in [2.05, 4.69) is 22.2 Å². The van der Waals surface area contributed by atoms with Crippen molar-refractivity contribution in [1.82, 2.24) is 9.88 Å². The Bertz CT molecular complexity index is 535. The number of nitrogens with one attached hydrogen (secondary N) is 1. The molecule has 0 spiro atoms. The van der Waals surface area contributed by atoms with Crippen molar-refractivity contribution in [3.05, 3.63) is 22.8 Å². The van der Waals surface area contributed by atoms with Gasteiger partial charge in [0.15, 0.2) is 0 Å². The van der Waals surface area contributed by atoms with Gasteiger partial charge < -0.3 is 15.0 Å². The zero-order chi connectivity index (χ0) is 16.3. The highest BCUT2D eigenvalue weighted by atomic mass is 35.5. The number of carbonyl (C=O) groups excluding carboxylic acids is 1. The number of hydrogen-bond donors (Lipinski definition) is 1. The Hall–Kier alpha value is -1.33. The van der Waals surface area contributed by atoms with E-state index in [4.69, 9.17) is 16.3 Å². The molecule has 1 N–H and O–H groups in total. The number of nitrogens with zero attached hydrogens (tertiary/aromatic N) is 2. The molecule has 0 radical (unpaired) electrons. The molecular weight excluding hydrogens is 302 g/mol.